The molecule has 2 atom stereocenters. The Balaban J connectivity index is 2.22. The van der Waals surface area contributed by atoms with E-state index in [2.05, 4.69) is 16.6 Å². The van der Waals surface area contributed by atoms with Gasteiger partial charge in [-0.05, 0) is 45.6 Å². The molecule has 35 heavy (non-hydrogen) atoms. The third kappa shape index (κ3) is 8.77. The van der Waals surface area contributed by atoms with Crippen LogP contribution in [-0.4, -0.2) is 51.9 Å². The monoisotopic (exact) mass is 545 g/mol. The van der Waals surface area contributed by atoms with Crippen molar-refractivity contribution < 1.29 is 18.5 Å². The molecule has 0 saturated carbocycles. The van der Waals surface area contributed by atoms with Gasteiger partial charge in [0.05, 0.1) is 31.8 Å². The van der Waals surface area contributed by atoms with E-state index >= 15 is 0 Å². The van der Waals surface area contributed by atoms with Gasteiger partial charge >= 0.3 is 0 Å². The van der Waals surface area contributed by atoms with E-state index in [0.717, 1.165) is 5.56 Å². The molecular weight excluding hydrogens is 509 g/mol. The molecule has 2 N–H and O–H groups in total. The molecule has 2 unspecified atom stereocenters. The first-order chi connectivity index (χ1) is 16.5. The maximum atomic E-state index is 13.1. The minimum absolute atomic E-state index is 0.0205. The number of hydrogen-bond acceptors (Lipinski definition) is 4. The second-order valence-corrected chi connectivity index (χ2v) is 12.4. The summed E-state index contributed by atoms with van der Waals surface area (Å²) >= 11 is 12.7. The third-order valence-electron chi connectivity index (χ3n) is 5.88. The van der Waals surface area contributed by atoms with Gasteiger partial charge in [0.1, 0.15) is 12.4 Å². The van der Waals surface area contributed by atoms with E-state index in [4.69, 9.17) is 27.9 Å². The van der Waals surface area contributed by atoms with Crippen molar-refractivity contribution in [1.29, 1.82) is 0 Å². The van der Waals surface area contributed by atoms with Crippen LogP contribution in [0, 0.1) is 5.92 Å². The van der Waals surface area contributed by atoms with E-state index in [9.17, 15) is 13.8 Å². The highest BCUT2D eigenvalue weighted by atomic mass is 35.5. The van der Waals surface area contributed by atoms with Crippen molar-refractivity contribution >= 4 is 46.0 Å². The number of rotatable bonds is 11. The Morgan fingerprint density at radius 3 is 2.46 bits per heavy atom. The van der Waals surface area contributed by atoms with Crippen LogP contribution in [0.25, 0.3) is 0 Å². The molecule has 1 aromatic rings. The summed E-state index contributed by atoms with van der Waals surface area (Å²) in [6.45, 7) is 13.0. The van der Waals surface area contributed by atoms with E-state index in [1.54, 1.807) is 25.1 Å². The first kappa shape index (κ1) is 29.6. The zero-order valence-corrected chi connectivity index (χ0v) is 23.3. The van der Waals surface area contributed by atoms with Crippen molar-refractivity contribution in [2.75, 3.05) is 26.2 Å². The van der Waals surface area contributed by atoms with Crippen molar-refractivity contribution in [1.82, 2.24) is 14.9 Å². The fourth-order valence-corrected chi connectivity index (χ4v) is 5.07. The molecule has 10 heteroatoms. The summed E-state index contributed by atoms with van der Waals surface area (Å²) in [5.41, 5.74) is 0.783. The zero-order chi connectivity index (χ0) is 26.2. The summed E-state index contributed by atoms with van der Waals surface area (Å²) in [4.78, 5) is 25.9. The van der Waals surface area contributed by atoms with E-state index in [0.29, 0.717) is 61.3 Å². The van der Waals surface area contributed by atoms with Crippen molar-refractivity contribution in [3.8, 4) is 5.75 Å². The highest BCUT2D eigenvalue weighted by Gasteiger charge is 2.34. The molecule has 2 amide bonds. The number of ether oxygens (including phenoxy) is 1. The van der Waals surface area contributed by atoms with Crippen molar-refractivity contribution in [3.05, 3.63) is 40.4 Å². The molecule has 0 aromatic heterocycles. The Bertz CT molecular complexity index is 928. The number of nitrogens with zero attached hydrogens (tertiary/aromatic N) is 1. The van der Waals surface area contributed by atoms with Gasteiger partial charge in [0.25, 0.3) is 0 Å². The highest BCUT2D eigenvalue weighted by molar-refractivity contribution is 7.84. The number of benzene rings is 1. The maximum Gasteiger partial charge on any atom is 0.224 e. The van der Waals surface area contributed by atoms with Crippen LogP contribution in [0.5, 0.6) is 5.75 Å². The average Bonchev–Trinajstić information content (AvgIpc) is 2.82. The van der Waals surface area contributed by atoms with Crippen LogP contribution < -0.4 is 14.8 Å². The number of likely N-dealkylation sites (tertiary alicyclic amines) is 1. The van der Waals surface area contributed by atoms with Crippen LogP contribution in [0.2, 0.25) is 10.0 Å². The Hall–Kier alpha value is -1.61. The van der Waals surface area contributed by atoms with Gasteiger partial charge in [-0.15, -0.1) is 0 Å². The van der Waals surface area contributed by atoms with E-state index in [1.165, 1.54) is 0 Å². The summed E-state index contributed by atoms with van der Waals surface area (Å²) in [6.07, 6.45) is 3.76. The van der Waals surface area contributed by atoms with Gasteiger partial charge in [-0.3, -0.25) is 9.59 Å². The van der Waals surface area contributed by atoms with Gasteiger partial charge in [0.2, 0.25) is 11.8 Å². The Kier molecular flexibility index (Phi) is 11.5. The zero-order valence-electron chi connectivity index (χ0n) is 21.0. The summed E-state index contributed by atoms with van der Waals surface area (Å²) in [5, 5.41) is 3.51. The standard InChI is InChI=1S/C25H37Cl2N3O4S/c1-6-14-34-21-16-20(27)19(26)15-18(21)24(29-35(33)25(3,4)5)17-9-12-30(13-10-17)23(32)8-11-28-22(31)7-2/h6,15-17,24,29H,1,7-14H2,2-5H3,(H,28,31). The van der Waals surface area contributed by atoms with E-state index in [1.807, 2.05) is 25.7 Å². The minimum Gasteiger partial charge on any atom is -0.489 e. The summed E-state index contributed by atoms with van der Waals surface area (Å²) in [7, 11) is -1.35. The Morgan fingerprint density at radius 2 is 1.89 bits per heavy atom. The van der Waals surface area contributed by atoms with Gasteiger partial charge in [0, 0.05) is 44.1 Å². The molecule has 1 aromatic carbocycles. The van der Waals surface area contributed by atoms with Gasteiger partial charge < -0.3 is 15.0 Å². The van der Waals surface area contributed by atoms with Crippen LogP contribution in [0.1, 0.15) is 65.0 Å². The number of carbonyl (C=O) groups excluding carboxylic acids is 2. The Morgan fingerprint density at radius 1 is 1.26 bits per heavy atom. The van der Waals surface area contributed by atoms with Crippen LogP contribution in [0.4, 0.5) is 0 Å². The van der Waals surface area contributed by atoms with Crippen molar-refractivity contribution in [2.24, 2.45) is 5.92 Å². The summed E-state index contributed by atoms with van der Waals surface area (Å²) in [6, 6.07) is 3.14. The van der Waals surface area contributed by atoms with Crippen LogP contribution >= 0.6 is 23.2 Å². The Labute approximate surface area is 221 Å². The molecule has 1 heterocycles. The molecule has 0 aliphatic carbocycles. The lowest BCUT2D eigenvalue weighted by molar-refractivity contribution is -0.132. The minimum atomic E-state index is -1.35. The lowest BCUT2D eigenvalue weighted by atomic mass is 9.85. The number of halogens is 2. The number of piperidine rings is 1. The molecule has 0 spiro atoms. The largest absolute Gasteiger partial charge is 0.489 e. The number of amides is 2. The predicted molar refractivity (Wildman–Crippen MR) is 143 cm³/mol. The first-order valence-corrected chi connectivity index (χ1v) is 13.8. The third-order valence-corrected chi connectivity index (χ3v) is 8.18. The van der Waals surface area contributed by atoms with Gasteiger partial charge in [-0.25, -0.2) is 8.93 Å². The van der Waals surface area contributed by atoms with Gasteiger partial charge in [-0.2, -0.15) is 0 Å². The number of hydrogen-bond donors (Lipinski definition) is 2. The number of carbonyl (C=O) groups is 2. The van der Waals surface area contributed by atoms with Gasteiger partial charge in [0.15, 0.2) is 0 Å². The summed E-state index contributed by atoms with van der Waals surface area (Å²) < 4.78 is 21.9. The molecule has 0 bridgehead atoms. The quantitative estimate of drug-likeness (QED) is 0.390. The van der Waals surface area contributed by atoms with Crippen molar-refractivity contribution in [3.63, 3.8) is 0 Å². The average molecular weight is 547 g/mol. The second kappa shape index (κ2) is 13.6. The van der Waals surface area contributed by atoms with Crippen LogP contribution in [0.3, 0.4) is 0 Å². The van der Waals surface area contributed by atoms with E-state index < -0.39 is 15.7 Å². The molecule has 0 radical (unpaired) electrons. The molecule has 1 saturated heterocycles. The smallest absolute Gasteiger partial charge is 0.224 e. The molecular formula is C25H37Cl2N3O4S. The second-order valence-electron chi connectivity index (χ2n) is 9.55. The fraction of sp³-hybridized carbons (Fsp3) is 0.600. The first-order valence-electron chi connectivity index (χ1n) is 11.9. The van der Waals surface area contributed by atoms with Gasteiger partial charge in [-0.1, -0.05) is 42.8 Å². The molecule has 196 valence electrons. The normalized spacial score (nSPS) is 16.5. The van der Waals surface area contributed by atoms with Crippen LogP contribution in [-0.2, 0) is 20.6 Å². The molecule has 1 fully saturated rings. The topological polar surface area (TPSA) is 87.7 Å². The molecule has 2 rings (SSSR count). The molecule has 1 aliphatic heterocycles. The highest BCUT2D eigenvalue weighted by Crippen LogP contribution is 2.40. The number of nitrogens with one attached hydrogen (secondary N) is 2. The van der Waals surface area contributed by atoms with Crippen molar-refractivity contribution in [2.45, 2.75) is 64.2 Å². The predicted octanol–water partition coefficient (Wildman–Crippen LogP) is 4.81. The maximum absolute atomic E-state index is 13.1. The SMILES string of the molecule is C=CCOc1cc(Cl)c(Cl)cc1C(NS(=O)C(C)(C)C)C1CCN(C(=O)CCNC(=O)CC)CC1. The van der Waals surface area contributed by atoms with Crippen LogP contribution in [0.15, 0.2) is 24.8 Å². The lowest BCUT2D eigenvalue weighted by Crippen LogP contribution is -2.44. The summed E-state index contributed by atoms with van der Waals surface area (Å²) in [5.74, 6) is 0.613. The molecule has 1 aliphatic rings. The fourth-order valence-electron chi connectivity index (χ4n) is 3.84. The lowest BCUT2D eigenvalue weighted by Gasteiger charge is -2.38. The molecule has 7 nitrogen and oxygen atoms in total. The van der Waals surface area contributed by atoms with E-state index in [-0.39, 0.29) is 30.2 Å².